The SMILES string of the molecule is CC(=O)OCC(C)(C)N(C(=O)O)S(=O)(=O)c1c(Cl)cccc1Cl. The molecule has 1 amide bonds. The minimum Gasteiger partial charge on any atom is -0.464 e. The Bertz CT molecular complexity index is 712. The normalized spacial score (nSPS) is 11.9. The topological polar surface area (TPSA) is 101 Å². The van der Waals surface area contributed by atoms with Gasteiger partial charge in [0, 0.05) is 6.92 Å². The molecule has 0 fully saturated rings. The van der Waals surface area contributed by atoms with Gasteiger partial charge in [-0.2, -0.15) is 4.31 Å². The van der Waals surface area contributed by atoms with Crippen LogP contribution in [0.4, 0.5) is 4.79 Å². The number of rotatable bonds is 5. The quantitative estimate of drug-likeness (QED) is 0.784. The van der Waals surface area contributed by atoms with E-state index < -0.39 is 39.1 Å². The maximum atomic E-state index is 12.7. The molecule has 0 aromatic heterocycles. The van der Waals surface area contributed by atoms with Gasteiger partial charge >= 0.3 is 12.1 Å². The molecule has 0 bridgehead atoms. The summed E-state index contributed by atoms with van der Waals surface area (Å²) < 4.78 is 30.4. The van der Waals surface area contributed by atoms with Gasteiger partial charge in [-0.15, -0.1) is 0 Å². The van der Waals surface area contributed by atoms with Crippen LogP contribution < -0.4 is 0 Å². The summed E-state index contributed by atoms with van der Waals surface area (Å²) in [4.78, 5) is 22.0. The molecule has 1 aromatic carbocycles. The van der Waals surface area contributed by atoms with Crippen LogP contribution in [0.1, 0.15) is 20.8 Å². The molecule has 0 atom stereocenters. The third-order valence-electron chi connectivity index (χ3n) is 2.77. The second kappa shape index (κ2) is 6.94. The molecule has 0 saturated heterocycles. The Kier molecular flexibility index (Phi) is 5.89. The zero-order valence-electron chi connectivity index (χ0n) is 12.5. The molecule has 0 aliphatic carbocycles. The van der Waals surface area contributed by atoms with Gasteiger partial charge < -0.3 is 9.84 Å². The van der Waals surface area contributed by atoms with E-state index in [-0.39, 0.29) is 14.4 Å². The minimum absolute atomic E-state index is 0.177. The second-order valence-electron chi connectivity index (χ2n) is 5.20. The summed E-state index contributed by atoms with van der Waals surface area (Å²) in [6, 6.07) is 3.98. The molecule has 0 radical (unpaired) electrons. The zero-order valence-corrected chi connectivity index (χ0v) is 14.9. The van der Waals surface area contributed by atoms with Gasteiger partial charge in [-0.1, -0.05) is 29.3 Å². The van der Waals surface area contributed by atoms with Crippen molar-refractivity contribution in [1.82, 2.24) is 4.31 Å². The Balaban J connectivity index is 3.45. The Hall–Kier alpha value is -1.51. The molecule has 1 N–H and O–H groups in total. The Labute approximate surface area is 143 Å². The van der Waals surface area contributed by atoms with Crippen LogP contribution in [0.5, 0.6) is 0 Å². The summed E-state index contributed by atoms with van der Waals surface area (Å²) in [6.45, 7) is 3.26. The number of carbonyl (C=O) groups excluding carboxylic acids is 1. The highest BCUT2D eigenvalue weighted by Crippen LogP contribution is 2.34. The van der Waals surface area contributed by atoms with E-state index in [4.69, 9.17) is 27.9 Å². The number of benzene rings is 1. The number of nitrogens with zero attached hydrogens (tertiary/aromatic N) is 1. The first-order valence-corrected chi connectivity index (χ1v) is 8.46. The van der Waals surface area contributed by atoms with Gasteiger partial charge in [0.05, 0.1) is 15.6 Å². The molecule has 1 rings (SSSR count). The molecule has 1 aromatic rings. The first kappa shape index (κ1) is 19.5. The molecular weight excluding hydrogens is 369 g/mol. The fourth-order valence-electron chi connectivity index (χ4n) is 1.84. The Morgan fingerprint density at radius 3 is 2.13 bits per heavy atom. The summed E-state index contributed by atoms with van der Waals surface area (Å²) >= 11 is 11.7. The number of esters is 1. The number of carboxylic acid groups (broad SMARTS) is 1. The average Bonchev–Trinajstić information content (AvgIpc) is 2.34. The fourth-order valence-corrected chi connectivity index (χ4v) is 4.55. The number of sulfonamides is 1. The number of carbonyl (C=O) groups is 2. The Morgan fingerprint density at radius 1 is 1.26 bits per heavy atom. The van der Waals surface area contributed by atoms with Crippen molar-refractivity contribution in [1.29, 1.82) is 0 Å². The lowest BCUT2D eigenvalue weighted by molar-refractivity contribution is -0.143. The summed E-state index contributed by atoms with van der Waals surface area (Å²) in [7, 11) is -4.59. The first-order chi connectivity index (χ1) is 10.4. The van der Waals surface area contributed by atoms with Crippen molar-refractivity contribution in [3.8, 4) is 0 Å². The highest BCUT2D eigenvalue weighted by molar-refractivity contribution is 7.90. The van der Waals surface area contributed by atoms with Crippen LogP contribution in [-0.4, -0.2) is 42.0 Å². The van der Waals surface area contributed by atoms with Gasteiger partial charge in [-0.3, -0.25) is 4.79 Å². The molecule has 23 heavy (non-hydrogen) atoms. The van der Waals surface area contributed by atoms with Crippen LogP contribution >= 0.6 is 23.2 Å². The van der Waals surface area contributed by atoms with Crippen LogP contribution in [0.3, 0.4) is 0 Å². The van der Waals surface area contributed by atoms with Crippen LogP contribution in [0.15, 0.2) is 23.1 Å². The molecule has 0 aliphatic heterocycles. The fraction of sp³-hybridized carbons (Fsp3) is 0.385. The van der Waals surface area contributed by atoms with Gasteiger partial charge in [-0.25, -0.2) is 13.2 Å². The van der Waals surface area contributed by atoms with Crippen molar-refractivity contribution in [3.05, 3.63) is 28.2 Å². The van der Waals surface area contributed by atoms with E-state index in [9.17, 15) is 23.1 Å². The largest absolute Gasteiger partial charge is 0.464 e. The molecular formula is C13H15Cl2NO6S. The Morgan fingerprint density at radius 2 is 1.74 bits per heavy atom. The lowest BCUT2D eigenvalue weighted by Gasteiger charge is -2.34. The van der Waals surface area contributed by atoms with E-state index in [1.807, 2.05) is 0 Å². The second-order valence-corrected chi connectivity index (χ2v) is 7.73. The van der Waals surface area contributed by atoms with Gasteiger partial charge in [0.15, 0.2) is 0 Å². The first-order valence-electron chi connectivity index (χ1n) is 6.27. The van der Waals surface area contributed by atoms with Crippen molar-refractivity contribution in [2.24, 2.45) is 0 Å². The highest BCUT2D eigenvalue weighted by atomic mass is 35.5. The molecule has 7 nitrogen and oxygen atoms in total. The summed E-state index contributed by atoms with van der Waals surface area (Å²) in [6.07, 6.45) is -1.75. The number of halogens is 2. The molecule has 0 spiro atoms. The molecule has 0 aliphatic rings. The number of hydrogen-bond acceptors (Lipinski definition) is 5. The maximum absolute atomic E-state index is 12.7. The van der Waals surface area contributed by atoms with E-state index in [0.29, 0.717) is 0 Å². The summed E-state index contributed by atoms with van der Waals surface area (Å²) in [5.74, 6) is -0.670. The standard InChI is InChI=1S/C13H15Cl2NO6S/c1-8(17)22-7-13(2,3)16(12(18)19)23(20,21)11-9(14)5-4-6-10(11)15/h4-6H,7H2,1-3H3,(H,18,19). The average molecular weight is 384 g/mol. The van der Waals surface area contributed by atoms with Crippen molar-refractivity contribution in [2.45, 2.75) is 31.2 Å². The minimum atomic E-state index is -4.59. The molecule has 0 saturated carbocycles. The van der Waals surface area contributed by atoms with E-state index in [1.54, 1.807) is 0 Å². The number of ether oxygens (including phenoxy) is 1. The van der Waals surface area contributed by atoms with Crippen LogP contribution in [-0.2, 0) is 19.6 Å². The zero-order chi connectivity index (χ0) is 18.0. The van der Waals surface area contributed by atoms with Gasteiger partial charge in [0.1, 0.15) is 11.5 Å². The van der Waals surface area contributed by atoms with E-state index >= 15 is 0 Å². The van der Waals surface area contributed by atoms with Gasteiger partial charge in [0.2, 0.25) is 0 Å². The van der Waals surface area contributed by atoms with Crippen molar-refractivity contribution in [3.63, 3.8) is 0 Å². The van der Waals surface area contributed by atoms with Crippen molar-refractivity contribution >= 4 is 45.3 Å². The number of hydrogen-bond donors (Lipinski definition) is 1. The number of amides is 1. The molecule has 10 heteroatoms. The summed E-state index contributed by atoms with van der Waals surface area (Å²) in [5, 5.41) is 8.94. The van der Waals surface area contributed by atoms with Crippen LogP contribution in [0.2, 0.25) is 10.0 Å². The smallest absolute Gasteiger partial charge is 0.422 e. The maximum Gasteiger partial charge on any atom is 0.422 e. The lowest BCUT2D eigenvalue weighted by atomic mass is 10.1. The predicted octanol–water partition coefficient (Wildman–Crippen LogP) is 3.00. The molecule has 0 heterocycles. The van der Waals surface area contributed by atoms with Crippen LogP contribution in [0.25, 0.3) is 0 Å². The monoisotopic (exact) mass is 383 g/mol. The van der Waals surface area contributed by atoms with E-state index in [2.05, 4.69) is 0 Å². The molecule has 128 valence electrons. The third kappa shape index (κ3) is 4.27. The van der Waals surface area contributed by atoms with Crippen LogP contribution in [0, 0.1) is 0 Å². The van der Waals surface area contributed by atoms with Crippen molar-refractivity contribution < 1.29 is 27.9 Å². The summed E-state index contributed by atoms with van der Waals surface area (Å²) in [5.41, 5.74) is -1.57. The van der Waals surface area contributed by atoms with Gasteiger partial charge in [-0.05, 0) is 26.0 Å². The lowest BCUT2D eigenvalue weighted by Crippen LogP contribution is -2.53. The highest BCUT2D eigenvalue weighted by Gasteiger charge is 2.43. The van der Waals surface area contributed by atoms with Crippen molar-refractivity contribution in [2.75, 3.05) is 6.61 Å². The van der Waals surface area contributed by atoms with E-state index in [0.717, 1.165) is 6.92 Å². The predicted molar refractivity (Wildman–Crippen MR) is 84.2 cm³/mol. The molecule has 0 unspecified atom stereocenters. The van der Waals surface area contributed by atoms with Gasteiger partial charge in [0.25, 0.3) is 10.0 Å². The third-order valence-corrected chi connectivity index (χ3v) is 5.71. The van der Waals surface area contributed by atoms with E-state index in [1.165, 1.54) is 32.0 Å².